The normalized spacial score (nSPS) is 21.2. The Bertz CT molecular complexity index is 839. The predicted octanol–water partition coefficient (Wildman–Crippen LogP) is 3.52. The van der Waals surface area contributed by atoms with Gasteiger partial charge in [-0.05, 0) is 42.9 Å². The summed E-state index contributed by atoms with van der Waals surface area (Å²) in [5.41, 5.74) is 2.93. The molecule has 2 saturated heterocycles. The highest BCUT2D eigenvalue weighted by atomic mass is 16.2. The number of aromatic amines is 1. The van der Waals surface area contributed by atoms with Crippen molar-refractivity contribution in [2.75, 3.05) is 19.6 Å². The zero-order chi connectivity index (χ0) is 18.3. The largest absolute Gasteiger partial charge is 0.351 e. The molecule has 2 amide bonds. The first kappa shape index (κ1) is 17.1. The van der Waals surface area contributed by atoms with Gasteiger partial charge in [-0.2, -0.15) is 0 Å². The number of nitrogens with one attached hydrogen (secondary N) is 1. The van der Waals surface area contributed by atoms with E-state index < -0.39 is 0 Å². The number of nitrogens with zero attached hydrogens (tertiary/aromatic N) is 2. The Morgan fingerprint density at radius 1 is 1.19 bits per heavy atom. The molecule has 1 unspecified atom stereocenters. The van der Waals surface area contributed by atoms with Crippen LogP contribution in [-0.2, 0) is 4.79 Å². The monoisotopic (exact) mass is 353 g/mol. The lowest BCUT2D eigenvalue weighted by Gasteiger charge is -2.37. The zero-order valence-corrected chi connectivity index (χ0v) is 15.6. The lowest BCUT2D eigenvalue weighted by molar-refractivity contribution is -0.130. The number of carbonyl (C=O) groups is 2. The van der Waals surface area contributed by atoms with Gasteiger partial charge in [0.05, 0.1) is 0 Å². The molecule has 2 aromatic rings. The molecule has 3 heterocycles. The van der Waals surface area contributed by atoms with Crippen LogP contribution < -0.4 is 0 Å². The number of piperidine rings is 1. The molecule has 0 aliphatic carbocycles. The lowest BCUT2D eigenvalue weighted by atomic mass is 10.0. The van der Waals surface area contributed by atoms with E-state index in [0.717, 1.165) is 43.3 Å². The van der Waals surface area contributed by atoms with Crippen molar-refractivity contribution in [2.24, 2.45) is 0 Å². The molecule has 0 saturated carbocycles. The van der Waals surface area contributed by atoms with Crippen LogP contribution in [0.25, 0.3) is 10.9 Å². The van der Waals surface area contributed by atoms with Crippen molar-refractivity contribution in [3.63, 3.8) is 0 Å². The molecule has 0 spiro atoms. The van der Waals surface area contributed by atoms with Gasteiger partial charge in [-0.15, -0.1) is 0 Å². The van der Waals surface area contributed by atoms with Gasteiger partial charge in [-0.1, -0.05) is 26.0 Å². The fraction of sp³-hybridized carbons (Fsp3) is 0.524. The minimum atomic E-state index is 0.0450. The average Bonchev–Trinajstić information content (AvgIpc) is 3.26. The molecular weight excluding hydrogens is 326 g/mol. The summed E-state index contributed by atoms with van der Waals surface area (Å²) < 4.78 is 0. The van der Waals surface area contributed by atoms with E-state index in [1.54, 1.807) is 0 Å². The number of hydrogen-bond acceptors (Lipinski definition) is 2. The maximum absolute atomic E-state index is 13.0. The molecule has 0 bridgehead atoms. The number of carbonyl (C=O) groups excluding carboxylic acids is 2. The average molecular weight is 353 g/mol. The summed E-state index contributed by atoms with van der Waals surface area (Å²) in [5.74, 6) is 0.752. The number of amides is 2. The molecule has 2 fully saturated rings. The third-order valence-corrected chi connectivity index (χ3v) is 5.78. The number of aromatic nitrogens is 1. The van der Waals surface area contributed by atoms with Crippen molar-refractivity contribution in [3.8, 4) is 0 Å². The van der Waals surface area contributed by atoms with Crippen LogP contribution in [0.4, 0.5) is 0 Å². The van der Waals surface area contributed by atoms with Crippen LogP contribution in [0.15, 0.2) is 24.3 Å². The van der Waals surface area contributed by atoms with Crippen LogP contribution in [0, 0.1) is 0 Å². The van der Waals surface area contributed by atoms with Gasteiger partial charge in [-0.25, -0.2) is 0 Å². The highest BCUT2D eigenvalue weighted by Gasteiger charge is 2.33. The summed E-state index contributed by atoms with van der Waals surface area (Å²) in [6.07, 6.45) is 3.56. The first-order valence-corrected chi connectivity index (χ1v) is 9.74. The van der Waals surface area contributed by atoms with Gasteiger partial charge >= 0.3 is 0 Å². The molecule has 1 aromatic heterocycles. The Balaban J connectivity index is 1.53. The van der Waals surface area contributed by atoms with Crippen molar-refractivity contribution in [1.82, 2.24) is 14.8 Å². The Morgan fingerprint density at radius 3 is 2.77 bits per heavy atom. The van der Waals surface area contributed by atoms with E-state index in [1.165, 1.54) is 5.56 Å². The van der Waals surface area contributed by atoms with Crippen LogP contribution in [0.3, 0.4) is 0 Å². The van der Waals surface area contributed by atoms with E-state index in [1.807, 2.05) is 15.9 Å². The molecule has 26 heavy (non-hydrogen) atoms. The molecule has 2 aliphatic rings. The van der Waals surface area contributed by atoms with E-state index in [-0.39, 0.29) is 17.9 Å². The summed E-state index contributed by atoms with van der Waals surface area (Å²) in [6, 6.07) is 8.48. The van der Waals surface area contributed by atoms with E-state index >= 15 is 0 Å². The maximum Gasteiger partial charge on any atom is 0.270 e. The topological polar surface area (TPSA) is 56.4 Å². The third-order valence-electron chi connectivity index (χ3n) is 5.78. The summed E-state index contributed by atoms with van der Waals surface area (Å²) in [4.78, 5) is 32.3. The van der Waals surface area contributed by atoms with Gasteiger partial charge in [0.15, 0.2) is 0 Å². The molecule has 1 N–H and O–H groups in total. The number of hydrogen-bond donors (Lipinski definition) is 1. The van der Waals surface area contributed by atoms with Gasteiger partial charge in [-0.3, -0.25) is 9.59 Å². The molecule has 1 aromatic carbocycles. The first-order chi connectivity index (χ1) is 12.5. The maximum atomic E-state index is 13.0. The Morgan fingerprint density at radius 2 is 2.04 bits per heavy atom. The fourth-order valence-electron chi connectivity index (χ4n) is 4.24. The Hall–Kier alpha value is -2.30. The zero-order valence-electron chi connectivity index (χ0n) is 15.6. The quantitative estimate of drug-likeness (QED) is 0.918. The number of likely N-dealkylation sites (tertiary alicyclic amines) is 2. The van der Waals surface area contributed by atoms with E-state index in [0.29, 0.717) is 24.6 Å². The molecule has 2 aliphatic heterocycles. The number of H-pyrrole nitrogens is 1. The summed E-state index contributed by atoms with van der Waals surface area (Å²) >= 11 is 0. The van der Waals surface area contributed by atoms with Crippen LogP contribution in [-0.4, -0.2) is 52.3 Å². The van der Waals surface area contributed by atoms with E-state index in [9.17, 15) is 9.59 Å². The van der Waals surface area contributed by atoms with Gasteiger partial charge in [0.2, 0.25) is 5.91 Å². The molecule has 5 nitrogen and oxygen atoms in total. The second kappa shape index (κ2) is 6.78. The van der Waals surface area contributed by atoms with Crippen LogP contribution in [0.1, 0.15) is 61.5 Å². The SMILES string of the molecule is CC(C)c1ccc2cc(C(=O)N3CCCC(N4CCCC4=O)C3)[nH]c2c1. The van der Waals surface area contributed by atoms with E-state index in [2.05, 4.69) is 37.0 Å². The molecule has 138 valence electrons. The second-order valence-corrected chi connectivity index (χ2v) is 7.92. The van der Waals surface area contributed by atoms with Gasteiger partial charge in [0.1, 0.15) is 5.69 Å². The van der Waals surface area contributed by atoms with Crippen LogP contribution >= 0.6 is 0 Å². The third kappa shape index (κ3) is 3.11. The van der Waals surface area contributed by atoms with Gasteiger partial charge < -0.3 is 14.8 Å². The van der Waals surface area contributed by atoms with Gasteiger partial charge in [0.25, 0.3) is 5.91 Å². The highest BCUT2D eigenvalue weighted by molar-refractivity contribution is 5.98. The molecular formula is C21H27N3O2. The number of rotatable bonds is 3. The molecule has 1 atom stereocenters. The van der Waals surface area contributed by atoms with Crippen molar-refractivity contribution >= 4 is 22.7 Å². The second-order valence-electron chi connectivity index (χ2n) is 7.92. The predicted molar refractivity (Wildman–Crippen MR) is 102 cm³/mol. The number of fused-ring (bicyclic) bond motifs is 1. The Kier molecular flexibility index (Phi) is 4.47. The molecule has 5 heteroatoms. The van der Waals surface area contributed by atoms with Crippen LogP contribution in [0.2, 0.25) is 0 Å². The van der Waals surface area contributed by atoms with Crippen molar-refractivity contribution in [3.05, 3.63) is 35.5 Å². The summed E-state index contributed by atoms with van der Waals surface area (Å²) in [7, 11) is 0. The van der Waals surface area contributed by atoms with Gasteiger partial charge in [0, 0.05) is 43.0 Å². The lowest BCUT2D eigenvalue weighted by Crippen LogP contribution is -2.50. The fourth-order valence-corrected chi connectivity index (χ4v) is 4.24. The van der Waals surface area contributed by atoms with E-state index in [4.69, 9.17) is 0 Å². The van der Waals surface area contributed by atoms with Crippen molar-refractivity contribution < 1.29 is 9.59 Å². The number of benzene rings is 1. The highest BCUT2D eigenvalue weighted by Crippen LogP contribution is 2.25. The summed E-state index contributed by atoms with van der Waals surface area (Å²) in [5, 5.41) is 1.07. The van der Waals surface area contributed by atoms with Crippen molar-refractivity contribution in [1.29, 1.82) is 0 Å². The summed E-state index contributed by atoms with van der Waals surface area (Å²) in [6.45, 7) is 6.60. The standard InChI is InChI=1S/C21H27N3O2/c1-14(2)15-7-8-16-12-19(22-18(16)11-15)21(26)23-9-3-5-17(13-23)24-10-4-6-20(24)25/h7-8,11-12,14,17,22H,3-6,9-10,13H2,1-2H3. The molecule has 4 rings (SSSR count). The Labute approximate surface area is 154 Å². The smallest absolute Gasteiger partial charge is 0.270 e. The van der Waals surface area contributed by atoms with Crippen molar-refractivity contribution in [2.45, 2.75) is 51.5 Å². The first-order valence-electron chi connectivity index (χ1n) is 9.74. The van der Waals surface area contributed by atoms with Crippen LogP contribution in [0.5, 0.6) is 0 Å². The minimum absolute atomic E-state index is 0.0450. The molecule has 0 radical (unpaired) electrons. The minimum Gasteiger partial charge on any atom is -0.351 e.